The second kappa shape index (κ2) is 8.95. The molecule has 1 heterocycles. The molecule has 1 aliphatic carbocycles. The van der Waals surface area contributed by atoms with Crippen molar-refractivity contribution in [2.24, 2.45) is 0 Å². The average Bonchev–Trinajstić information content (AvgIpc) is 3.07. The third kappa shape index (κ3) is 4.57. The Bertz CT molecular complexity index is 508. The van der Waals surface area contributed by atoms with Crippen molar-refractivity contribution in [2.45, 2.75) is 57.3 Å². The van der Waals surface area contributed by atoms with Gasteiger partial charge in [-0.2, -0.15) is 0 Å². The Labute approximate surface area is 146 Å². The van der Waals surface area contributed by atoms with Crippen molar-refractivity contribution in [1.29, 1.82) is 0 Å². The van der Waals surface area contributed by atoms with E-state index in [0.29, 0.717) is 19.2 Å². The minimum atomic E-state index is -0.435. The minimum absolute atomic E-state index is 0.148. The van der Waals surface area contributed by atoms with Gasteiger partial charge in [-0.3, -0.25) is 4.90 Å². The molecule has 0 radical (unpaired) electrons. The van der Waals surface area contributed by atoms with Crippen LogP contribution in [0.25, 0.3) is 0 Å². The minimum Gasteiger partial charge on any atom is -0.389 e. The molecule has 2 aliphatic rings. The topological polar surface area (TPSA) is 44.7 Å². The molecule has 1 aromatic rings. The molecule has 3 unspecified atom stereocenters. The summed E-state index contributed by atoms with van der Waals surface area (Å²) in [5, 5.41) is 13.7. The molecule has 4 heteroatoms. The van der Waals surface area contributed by atoms with E-state index in [1.54, 1.807) is 0 Å². The molecule has 0 bridgehead atoms. The van der Waals surface area contributed by atoms with E-state index in [1.807, 2.05) is 0 Å². The first-order valence-corrected chi connectivity index (χ1v) is 9.60. The third-order valence-electron chi connectivity index (χ3n) is 5.47. The van der Waals surface area contributed by atoms with Gasteiger partial charge < -0.3 is 15.2 Å². The first-order chi connectivity index (χ1) is 11.8. The SMILES string of the molecule is CCN1CCCC1CNCC(O)COC1CCCc2ccccc21. The fourth-order valence-electron chi connectivity index (χ4n) is 4.13. The zero-order valence-electron chi connectivity index (χ0n) is 14.9. The zero-order chi connectivity index (χ0) is 16.8. The molecule has 0 saturated carbocycles. The number of nitrogens with one attached hydrogen (secondary N) is 1. The number of aliphatic hydroxyl groups is 1. The molecule has 0 spiro atoms. The van der Waals surface area contributed by atoms with Crippen molar-refractivity contribution < 1.29 is 9.84 Å². The Morgan fingerprint density at radius 2 is 2.17 bits per heavy atom. The molecular weight excluding hydrogens is 300 g/mol. The summed E-state index contributed by atoms with van der Waals surface area (Å²) in [6, 6.07) is 9.18. The Kier molecular flexibility index (Phi) is 6.67. The van der Waals surface area contributed by atoms with Gasteiger partial charge in [0.25, 0.3) is 0 Å². The fraction of sp³-hybridized carbons (Fsp3) is 0.700. The molecule has 1 aromatic carbocycles. The van der Waals surface area contributed by atoms with E-state index in [2.05, 4.69) is 41.4 Å². The van der Waals surface area contributed by atoms with E-state index < -0.39 is 6.10 Å². The highest BCUT2D eigenvalue weighted by molar-refractivity contribution is 5.31. The molecule has 1 aliphatic heterocycles. The molecule has 3 atom stereocenters. The van der Waals surface area contributed by atoms with Crippen LogP contribution in [-0.4, -0.2) is 54.9 Å². The van der Waals surface area contributed by atoms with Crippen LogP contribution < -0.4 is 5.32 Å². The summed E-state index contributed by atoms with van der Waals surface area (Å²) in [7, 11) is 0. The molecule has 2 N–H and O–H groups in total. The lowest BCUT2D eigenvalue weighted by Gasteiger charge is -2.27. The number of ether oxygens (including phenoxy) is 1. The molecule has 134 valence electrons. The lowest BCUT2D eigenvalue weighted by atomic mass is 9.89. The molecule has 3 rings (SSSR count). The summed E-state index contributed by atoms with van der Waals surface area (Å²) < 4.78 is 6.04. The lowest BCUT2D eigenvalue weighted by molar-refractivity contribution is -0.0169. The van der Waals surface area contributed by atoms with Gasteiger partial charge in [0.2, 0.25) is 0 Å². The Balaban J connectivity index is 1.38. The van der Waals surface area contributed by atoms with Gasteiger partial charge in [-0.25, -0.2) is 0 Å². The van der Waals surface area contributed by atoms with E-state index >= 15 is 0 Å². The summed E-state index contributed by atoms with van der Waals surface area (Å²) in [6.07, 6.45) is 5.66. The van der Waals surface area contributed by atoms with Crippen LogP contribution >= 0.6 is 0 Å². The molecule has 1 fully saturated rings. The summed E-state index contributed by atoms with van der Waals surface area (Å²) in [6.45, 7) is 6.56. The number of nitrogens with zero attached hydrogens (tertiary/aromatic N) is 1. The number of rotatable bonds is 8. The van der Waals surface area contributed by atoms with Gasteiger partial charge in [-0.15, -0.1) is 0 Å². The predicted octanol–water partition coefficient (Wildman–Crippen LogP) is 2.52. The second-order valence-electron chi connectivity index (χ2n) is 7.15. The first-order valence-electron chi connectivity index (χ1n) is 9.60. The van der Waals surface area contributed by atoms with Gasteiger partial charge in [0.05, 0.1) is 18.8 Å². The summed E-state index contributed by atoms with van der Waals surface area (Å²) in [5.74, 6) is 0. The van der Waals surface area contributed by atoms with Crippen LogP contribution in [-0.2, 0) is 11.2 Å². The number of benzene rings is 1. The number of hydrogen-bond acceptors (Lipinski definition) is 4. The van der Waals surface area contributed by atoms with Gasteiger partial charge in [-0.1, -0.05) is 31.2 Å². The summed E-state index contributed by atoms with van der Waals surface area (Å²) in [4.78, 5) is 2.52. The van der Waals surface area contributed by atoms with Gasteiger partial charge in [0, 0.05) is 19.1 Å². The van der Waals surface area contributed by atoms with Crippen molar-refractivity contribution >= 4 is 0 Å². The summed E-state index contributed by atoms with van der Waals surface area (Å²) in [5.41, 5.74) is 2.72. The Hall–Kier alpha value is -0.940. The van der Waals surface area contributed by atoms with E-state index in [-0.39, 0.29) is 6.10 Å². The van der Waals surface area contributed by atoms with Crippen LogP contribution in [0.2, 0.25) is 0 Å². The first kappa shape index (κ1) is 17.9. The maximum Gasteiger partial charge on any atom is 0.0897 e. The van der Waals surface area contributed by atoms with E-state index in [9.17, 15) is 5.11 Å². The normalized spacial score (nSPS) is 25.6. The molecule has 0 amide bonds. The van der Waals surface area contributed by atoms with Crippen molar-refractivity contribution in [3.05, 3.63) is 35.4 Å². The van der Waals surface area contributed by atoms with Crippen molar-refractivity contribution in [3.63, 3.8) is 0 Å². The Morgan fingerprint density at radius 1 is 1.29 bits per heavy atom. The average molecular weight is 332 g/mol. The second-order valence-corrected chi connectivity index (χ2v) is 7.15. The number of aliphatic hydroxyl groups excluding tert-OH is 1. The van der Waals surface area contributed by atoms with Crippen molar-refractivity contribution in [2.75, 3.05) is 32.8 Å². The fourth-order valence-corrected chi connectivity index (χ4v) is 4.13. The van der Waals surface area contributed by atoms with E-state index in [4.69, 9.17) is 4.74 Å². The molecule has 4 nitrogen and oxygen atoms in total. The van der Waals surface area contributed by atoms with Crippen LogP contribution in [0.3, 0.4) is 0 Å². The highest BCUT2D eigenvalue weighted by Gasteiger charge is 2.23. The highest BCUT2D eigenvalue weighted by Crippen LogP contribution is 2.32. The molecular formula is C20H32N2O2. The predicted molar refractivity (Wildman–Crippen MR) is 97.2 cm³/mol. The number of likely N-dealkylation sites (tertiary alicyclic amines) is 1. The molecule has 0 aromatic heterocycles. The number of likely N-dealkylation sites (N-methyl/N-ethyl adjacent to an activating group) is 1. The third-order valence-corrected chi connectivity index (χ3v) is 5.47. The monoisotopic (exact) mass is 332 g/mol. The molecule has 1 saturated heterocycles. The number of fused-ring (bicyclic) bond motifs is 1. The number of aryl methyl sites for hydroxylation is 1. The zero-order valence-corrected chi connectivity index (χ0v) is 14.9. The lowest BCUT2D eigenvalue weighted by Crippen LogP contribution is -2.41. The van der Waals surface area contributed by atoms with Crippen LogP contribution in [0.1, 0.15) is 49.8 Å². The number of hydrogen-bond donors (Lipinski definition) is 2. The van der Waals surface area contributed by atoms with Gasteiger partial charge in [0.15, 0.2) is 0 Å². The molecule has 24 heavy (non-hydrogen) atoms. The van der Waals surface area contributed by atoms with Crippen LogP contribution in [0.4, 0.5) is 0 Å². The maximum atomic E-state index is 10.2. The van der Waals surface area contributed by atoms with Crippen molar-refractivity contribution in [1.82, 2.24) is 10.2 Å². The van der Waals surface area contributed by atoms with Crippen LogP contribution in [0.15, 0.2) is 24.3 Å². The van der Waals surface area contributed by atoms with Gasteiger partial charge in [0.1, 0.15) is 0 Å². The quantitative estimate of drug-likeness (QED) is 0.768. The highest BCUT2D eigenvalue weighted by atomic mass is 16.5. The van der Waals surface area contributed by atoms with E-state index in [1.165, 1.54) is 36.9 Å². The van der Waals surface area contributed by atoms with Crippen molar-refractivity contribution in [3.8, 4) is 0 Å². The maximum absolute atomic E-state index is 10.2. The van der Waals surface area contributed by atoms with Crippen LogP contribution in [0, 0.1) is 0 Å². The Morgan fingerprint density at radius 3 is 3.04 bits per heavy atom. The van der Waals surface area contributed by atoms with E-state index in [0.717, 1.165) is 25.9 Å². The van der Waals surface area contributed by atoms with Gasteiger partial charge >= 0.3 is 0 Å². The van der Waals surface area contributed by atoms with Crippen LogP contribution in [0.5, 0.6) is 0 Å². The standard InChI is InChI=1S/C20H32N2O2/c1-2-22-12-6-9-17(22)13-21-14-18(23)15-24-20-11-5-8-16-7-3-4-10-19(16)20/h3-4,7,10,17-18,20-21,23H,2,5-6,8-9,11-15H2,1H3. The summed E-state index contributed by atoms with van der Waals surface area (Å²) >= 11 is 0. The van der Waals surface area contributed by atoms with Gasteiger partial charge in [-0.05, 0) is 56.3 Å². The smallest absolute Gasteiger partial charge is 0.0897 e. The largest absolute Gasteiger partial charge is 0.389 e.